The van der Waals surface area contributed by atoms with E-state index in [1.165, 1.54) is 30.4 Å². The van der Waals surface area contributed by atoms with Crippen LogP contribution in [0.25, 0.3) is 0 Å². The topological polar surface area (TPSA) is 32.5 Å². The van der Waals surface area contributed by atoms with Gasteiger partial charge in [0.05, 0.1) is 5.54 Å². The average molecular weight is 287 g/mol. The Morgan fingerprint density at radius 3 is 2.62 bits per heavy atom. The number of hydrogen-bond donors (Lipinski definition) is 1. The van der Waals surface area contributed by atoms with Gasteiger partial charge in [-0.15, -0.1) is 0 Å². The van der Waals surface area contributed by atoms with Crippen LogP contribution in [-0.4, -0.2) is 49.6 Å². The molecule has 3 rings (SSSR count). The van der Waals surface area contributed by atoms with Gasteiger partial charge in [-0.3, -0.25) is 4.90 Å². The maximum Gasteiger partial charge on any atom is 0.0587 e. The second kappa shape index (κ2) is 6.07. The molecule has 0 saturated carbocycles. The molecule has 1 aliphatic heterocycles. The molecular formula is C18H29N3. The fraction of sp³-hybridized carbons (Fsp3) is 0.667. The minimum Gasteiger partial charge on any atom is -0.328 e. The standard InChI is InChI=1S/C18H29N3/c1-3-15-6-7-17-16(13-15)5-4-8-18(17,14-19)21-11-9-20(2)10-12-21/h6-7,13H,3-5,8-12,14,19H2,1-2H3. The fourth-order valence-electron chi connectivity index (χ4n) is 4.14. The van der Waals surface area contributed by atoms with Crippen LogP contribution in [0.2, 0.25) is 0 Å². The second-order valence-electron chi connectivity index (χ2n) is 6.72. The first-order chi connectivity index (χ1) is 10.2. The molecule has 0 aromatic heterocycles. The number of benzene rings is 1. The normalized spacial score (nSPS) is 27.6. The lowest BCUT2D eigenvalue weighted by molar-refractivity contribution is 0.0300. The predicted octanol–water partition coefficient (Wildman–Crippen LogP) is 1.99. The summed E-state index contributed by atoms with van der Waals surface area (Å²) in [6, 6.07) is 7.11. The lowest BCUT2D eigenvalue weighted by atomic mass is 9.74. The second-order valence-corrected chi connectivity index (χ2v) is 6.72. The Bertz CT molecular complexity index is 491. The van der Waals surface area contributed by atoms with E-state index < -0.39 is 0 Å². The molecule has 21 heavy (non-hydrogen) atoms. The maximum atomic E-state index is 6.33. The van der Waals surface area contributed by atoms with E-state index >= 15 is 0 Å². The average Bonchev–Trinajstić information content (AvgIpc) is 2.54. The maximum absolute atomic E-state index is 6.33. The first kappa shape index (κ1) is 15.0. The SMILES string of the molecule is CCc1ccc2c(c1)CCCC2(CN)N1CCN(C)CC1. The van der Waals surface area contributed by atoms with Crippen molar-refractivity contribution >= 4 is 0 Å². The van der Waals surface area contributed by atoms with E-state index in [2.05, 4.69) is 42.0 Å². The van der Waals surface area contributed by atoms with Crippen molar-refractivity contribution in [3.63, 3.8) is 0 Å². The number of likely N-dealkylation sites (N-methyl/N-ethyl adjacent to an activating group) is 1. The molecule has 0 amide bonds. The Kier molecular flexibility index (Phi) is 4.34. The summed E-state index contributed by atoms with van der Waals surface area (Å²) in [6.45, 7) is 7.58. The van der Waals surface area contributed by atoms with Gasteiger partial charge in [-0.05, 0) is 49.4 Å². The van der Waals surface area contributed by atoms with Crippen LogP contribution < -0.4 is 5.73 Å². The summed E-state index contributed by atoms with van der Waals surface area (Å²) in [6.07, 6.45) is 4.82. The van der Waals surface area contributed by atoms with Crippen molar-refractivity contribution in [2.24, 2.45) is 5.73 Å². The summed E-state index contributed by atoms with van der Waals surface area (Å²) in [5.74, 6) is 0. The number of aryl methyl sites for hydroxylation is 2. The van der Waals surface area contributed by atoms with Crippen LogP contribution in [0.3, 0.4) is 0 Å². The molecule has 1 atom stereocenters. The Balaban J connectivity index is 1.96. The van der Waals surface area contributed by atoms with E-state index in [-0.39, 0.29) is 5.54 Å². The van der Waals surface area contributed by atoms with Gasteiger partial charge in [0.2, 0.25) is 0 Å². The van der Waals surface area contributed by atoms with Crippen LogP contribution in [0.4, 0.5) is 0 Å². The van der Waals surface area contributed by atoms with Crippen LogP contribution in [0, 0.1) is 0 Å². The van der Waals surface area contributed by atoms with Crippen molar-refractivity contribution in [3.05, 3.63) is 34.9 Å². The molecule has 1 fully saturated rings. The summed E-state index contributed by atoms with van der Waals surface area (Å²) in [5.41, 5.74) is 10.9. The summed E-state index contributed by atoms with van der Waals surface area (Å²) in [7, 11) is 2.22. The van der Waals surface area contributed by atoms with Crippen molar-refractivity contribution in [3.8, 4) is 0 Å². The molecule has 1 saturated heterocycles. The first-order valence-electron chi connectivity index (χ1n) is 8.45. The Morgan fingerprint density at radius 1 is 1.19 bits per heavy atom. The van der Waals surface area contributed by atoms with Crippen molar-refractivity contribution in [1.82, 2.24) is 9.80 Å². The van der Waals surface area contributed by atoms with E-state index in [0.29, 0.717) is 0 Å². The lowest BCUT2D eigenvalue weighted by Crippen LogP contribution is -2.58. The Morgan fingerprint density at radius 2 is 1.95 bits per heavy atom. The van der Waals surface area contributed by atoms with Gasteiger partial charge in [0, 0.05) is 32.7 Å². The Hall–Kier alpha value is -0.900. The highest BCUT2D eigenvalue weighted by Crippen LogP contribution is 2.40. The van der Waals surface area contributed by atoms with Crippen LogP contribution >= 0.6 is 0 Å². The molecule has 1 unspecified atom stereocenters. The predicted molar refractivity (Wildman–Crippen MR) is 88.6 cm³/mol. The molecule has 1 heterocycles. The molecule has 1 aliphatic carbocycles. The number of nitrogens with zero attached hydrogens (tertiary/aromatic N) is 2. The lowest BCUT2D eigenvalue weighted by Gasteiger charge is -2.50. The van der Waals surface area contributed by atoms with E-state index in [1.807, 2.05) is 0 Å². The summed E-state index contributed by atoms with van der Waals surface area (Å²) >= 11 is 0. The minimum atomic E-state index is 0.0844. The number of fused-ring (bicyclic) bond motifs is 1. The molecule has 1 aromatic carbocycles. The molecule has 0 spiro atoms. The third-order valence-electron chi connectivity index (χ3n) is 5.56. The molecule has 2 N–H and O–H groups in total. The number of nitrogens with two attached hydrogens (primary N) is 1. The van der Waals surface area contributed by atoms with Gasteiger partial charge < -0.3 is 10.6 Å². The van der Waals surface area contributed by atoms with E-state index in [1.54, 1.807) is 5.56 Å². The third kappa shape index (κ3) is 2.63. The molecule has 0 radical (unpaired) electrons. The molecular weight excluding hydrogens is 258 g/mol. The molecule has 1 aromatic rings. The zero-order valence-corrected chi connectivity index (χ0v) is 13.6. The van der Waals surface area contributed by atoms with Gasteiger partial charge in [0.15, 0.2) is 0 Å². The smallest absolute Gasteiger partial charge is 0.0587 e. The number of hydrogen-bond acceptors (Lipinski definition) is 3. The minimum absolute atomic E-state index is 0.0844. The van der Waals surface area contributed by atoms with E-state index in [4.69, 9.17) is 5.73 Å². The van der Waals surface area contributed by atoms with Crippen molar-refractivity contribution in [1.29, 1.82) is 0 Å². The summed E-state index contributed by atoms with van der Waals surface area (Å²) in [5, 5.41) is 0. The molecule has 3 nitrogen and oxygen atoms in total. The molecule has 116 valence electrons. The number of piperazine rings is 1. The molecule has 3 heteroatoms. The monoisotopic (exact) mass is 287 g/mol. The van der Waals surface area contributed by atoms with Crippen molar-refractivity contribution < 1.29 is 0 Å². The molecule has 0 bridgehead atoms. The quantitative estimate of drug-likeness (QED) is 0.923. The van der Waals surface area contributed by atoms with Crippen LogP contribution in [0.1, 0.15) is 36.5 Å². The summed E-state index contributed by atoms with van der Waals surface area (Å²) in [4.78, 5) is 5.08. The van der Waals surface area contributed by atoms with Gasteiger partial charge in [-0.25, -0.2) is 0 Å². The van der Waals surface area contributed by atoms with E-state index in [9.17, 15) is 0 Å². The number of rotatable bonds is 3. The highest BCUT2D eigenvalue weighted by atomic mass is 15.3. The van der Waals surface area contributed by atoms with Crippen molar-refractivity contribution in [2.75, 3.05) is 39.8 Å². The summed E-state index contributed by atoms with van der Waals surface area (Å²) < 4.78 is 0. The van der Waals surface area contributed by atoms with Gasteiger partial charge >= 0.3 is 0 Å². The highest BCUT2D eigenvalue weighted by Gasteiger charge is 2.41. The van der Waals surface area contributed by atoms with Gasteiger partial charge in [0.25, 0.3) is 0 Å². The van der Waals surface area contributed by atoms with Gasteiger partial charge in [-0.1, -0.05) is 25.1 Å². The van der Waals surface area contributed by atoms with Crippen LogP contribution in [-0.2, 0) is 18.4 Å². The largest absolute Gasteiger partial charge is 0.328 e. The highest BCUT2D eigenvalue weighted by molar-refractivity contribution is 5.40. The fourth-order valence-corrected chi connectivity index (χ4v) is 4.14. The zero-order valence-electron chi connectivity index (χ0n) is 13.6. The van der Waals surface area contributed by atoms with E-state index in [0.717, 1.165) is 39.1 Å². The first-order valence-corrected chi connectivity index (χ1v) is 8.45. The van der Waals surface area contributed by atoms with Gasteiger partial charge in [0.1, 0.15) is 0 Å². The molecule has 2 aliphatic rings. The van der Waals surface area contributed by atoms with Crippen molar-refractivity contribution in [2.45, 2.75) is 38.1 Å². The van der Waals surface area contributed by atoms with Crippen LogP contribution in [0.5, 0.6) is 0 Å². The van der Waals surface area contributed by atoms with Gasteiger partial charge in [-0.2, -0.15) is 0 Å². The third-order valence-corrected chi connectivity index (χ3v) is 5.56. The Labute approximate surface area is 129 Å². The van der Waals surface area contributed by atoms with Crippen LogP contribution in [0.15, 0.2) is 18.2 Å². The zero-order chi connectivity index (χ0) is 14.9.